The number of hydrogen-bond acceptors (Lipinski definition) is 6. The molecular formula is C63H106O6. The highest BCUT2D eigenvalue weighted by Crippen LogP contribution is 2.15. The van der Waals surface area contributed by atoms with Crippen LogP contribution in [0.15, 0.2) is 97.2 Å². The molecule has 0 aromatic carbocycles. The van der Waals surface area contributed by atoms with Crippen LogP contribution >= 0.6 is 0 Å². The molecule has 0 bridgehead atoms. The van der Waals surface area contributed by atoms with E-state index in [0.29, 0.717) is 19.3 Å². The van der Waals surface area contributed by atoms with Gasteiger partial charge in [0.2, 0.25) is 0 Å². The lowest BCUT2D eigenvalue weighted by atomic mass is 10.1. The molecule has 0 spiro atoms. The molecule has 0 amide bonds. The largest absolute Gasteiger partial charge is 0.462 e. The number of unbranched alkanes of at least 4 members (excludes halogenated alkanes) is 24. The summed E-state index contributed by atoms with van der Waals surface area (Å²) in [6, 6.07) is 0. The van der Waals surface area contributed by atoms with Gasteiger partial charge in [0.1, 0.15) is 13.2 Å². The van der Waals surface area contributed by atoms with Gasteiger partial charge in [-0.25, -0.2) is 0 Å². The van der Waals surface area contributed by atoms with E-state index >= 15 is 0 Å². The van der Waals surface area contributed by atoms with Gasteiger partial charge in [0.15, 0.2) is 6.10 Å². The van der Waals surface area contributed by atoms with Crippen LogP contribution in [0.5, 0.6) is 0 Å². The first-order chi connectivity index (χ1) is 34.0. The Morgan fingerprint density at radius 2 is 0.594 bits per heavy atom. The Balaban J connectivity index is 4.41. The molecule has 0 aromatic rings. The lowest BCUT2D eigenvalue weighted by Gasteiger charge is -2.18. The quantitative estimate of drug-likeness (QED) is 0.0262. The van der Waals surface area contributed by atoms with Crippen LogP contribution in [-0.4, -0.2) is 37.2 Å². The second-order valence-electron chi connectivity index (χ2n) is 18.8. The van der Waals surface area contributed by atoms with Crippen molar-refractivity contribution in [2.24, 2.45) is 0 Å². The van der Waals surface area contributed by atoms with E-state index in [1.165, 1.54) is 128 Å². The van der Waals surface area contributed by atoms with E-state index in [1.54, 1.807) is 0 Å². The average Bonchev–Trinajstić information content (AvgIpc) is 3.35. The molecule has 6 heteroatoms. The summed E-state index contributed by atoms with van der Waals surface area (Å²) in [5.74, 6) is -0.999. The normalized spacial score (nSPS) is 12.8. The van der Waals surface area contributed by atoms with Crippen molar-refractivity contribution in [2.45, 2.75) is 271 Å². The molecule has 0 N–H and O–H groups in total. The average molecular weight is 960 g/mol. The van der Waals surface area contributed by atoms with Crippen molar-refractivity contribution in [1.82, 2.24) is 0 Å². The molecule has 0 heterocycles. The Hall–Kier alpha value is -3.67. The summed E-state index contributed by atoms with van der Waals surface area (Å²) in [7, 11) is 0. The van der Waals surface area contributed by atoms with Crippen LogP contribution in [0.25, 0.3) is 0 Å². The van der Waals surface area contributed by atoms with Crippen molar-refractivity contribution < 1.29 is 28.6 Å². The van der Waals surface area contributed by atoms with Crippen molar-refractivity contribution in [2.75, 3.05) is 13.2 Å². The van der Waals surface area contributed by atoms with Crippen LogP contribution in [-0.2, 0) is 28.6 Å². The molecule has 0 radical (unpaired) electrons. The molecule has 0 aromatic heterocycles. The van der Waals surface area contributed by atoms with Crippen LogP contribution in [0.3, 0.4) is 0 Å². The van der Waals surface area contributed by atoms with E-state index in [4.69, 9.17) is 14.2 Å². The lowest BCUT2D eigenvalue weighted by molar-refractivity contribution is -0.166. The maximum absolute atomic E-state index is 12.8. The maximum atomic E-state index is 12.8. The van der Waals surface area contributed by atoms with Crippen molar-refractivity contribution in [3.63, 3.8) is 0 Å². The van der Waals surface area contributed by atoms with Gasteiger partial charge in [0, 0.05) is 19.3 Å². The highest BCUT2D eigenvalue weighted by atomic mass is 16.6. The predicted molar refractivity (Wildman–Crippen MR) is 297 cm³/mol. The Morgan fingerprint density at radius 3 is 0.986 bits per heavy atom. The molecule has 0 aliphatic carbocycles. The molecule has 1 atom stereocenters. The smallest absolute Gasteiger partial charge is 0.306 e. The van der Waals surface area contributed by atoms with E-state index in [0.717, 1.165) is 89.9 Å². The maximum Gasteiger partial charge on any atom is 0.306 e. The van der Waals surface area contributed by atoms with Crippen LogP contribution < -0.4 is 0 Å². The highest BCUT2D eigenvalue weighted by Gasteiger charge is 2.19. The molecule has 0 rings (SSSR count). The first kappa shape index (κ1) is 65.3. The van der Waals surface area contributed by atoms with Crippen LogP contribution in [0, 0.1) is 0 Å². The van der Waals surface area contributed by atoms with Gasteiger partial charge in [-0.15, -0.1) is 0 Å². The van der Waals surface area contributed by atoms with Gasteiger partial charge in [-0.3, -0.25) is 14.4 Å². The van der Waals surface area contributed by atoms with Gasteiger partial charge in [0.25, 0.3) is 0 Å². The Bertz CT molecular complexity index is 1380. The molecule has 1 unspecified atom stereocenters. The highest BCUT2D eigenvalue weighted by molar-refractivity contribution is 5.71. The third kappa shape index (κ3) is 55.1. The standard InChI is InChI=1S/C63H106O6/c1-4-7-10-13-16-19-22-25-27-29-30-31-32-34-35-38-41-44-47-50-53-56-62(65)68-59-60(58-67-61(64)55-52-49-46-43-40-37-24-21-18-15-12-9-6-3)69-63(66)57-54-51-48-45-42-39-36-33-28-26-23-20-17-14-11-8-5-2/h8-9,11-12,17-18,20-21,26,28-30,37,40,46,49,60H,4-7,10,13-16,19,22-25,27,31-36,38-39,41-45,47-48,50-59H2,1-3H3/b11-8-,12-9-,20-17-,21-18-,28-26-,30-29-,40-37-,49-46-. The van der Waals surface area contributed by atoms with Gasteiger partial charge in [-0.05, 0) is 103 Å². The fourth-order valence-corrected chi connectivity index (χ4v) is 7.82. The Labute approximate surface area is 426 Å². The summed E-state index contributed by atoms with van der Waals surface area (Å²) in [4.78, 5) is 38.1. The number of ether oxygens (including phenoxy) is 3. The van der Waals surface area contributed by atoms with Crippen molar-refractivity contribution in [3.05, 3.63) is 97.2 Å². The van der Waals surface area contributed by atoms with E-state index in [1.807, 2.05) is 6.08 Å². The minimum Gasteiger partial charge on any atom is -0.462 e. The zero-order valence-electron chi connectivity index (χ0n) is 45.0. The Morgan fingerprint density at radius 1 is 0.304 bits per heavy atom. The van der Waals surface area contributed by atoms with Gasteiger partial charge < -0.3 is 14.2 Å². The first-order valence-corrected chi connectivity index (χ1v) is 28.7. The number of carbonyl (C=O) groups excluding carboxylic acids is 3. The zero-order chi connectivity index (χ0) is 50.0. The van der Waals surface area contributed by atoms with Crippen molar-refractivity contribution in [1.29, 1.82) is 0 Å². The molecule has 0 fully saturated rings. The SMILES string of the molecule is CC/C=C\C/C=C\C/C=C\C/C=C\CCC(=O)OCC(COC(=O)CCCCCCCCCCC/C=C\CCCCCCCCCC)OC(=O)CCCCCCCCC/C=C\C/C=C\C/C=C\CC. The number of allylic oxidation sites excluding steroid dienone is 16. The topological polar surface area (TPSA) is 78.9 Å². The van der Waals surface area contributed by atoms with E-state index in [-0.39, 0.29) is 37.5 Å². The third-order valence-corrected chi connectivity index (χ3v) is 12.1. The number of hydrogen-bond donors (Lipinski definition) is 0. The minimum atomic E-state index is -0.813. The fourth-order valence-electron chi connectivity index (χ4n) is 7.82. The second-order valence-corrected chi connectivity index (χ2v) is 18.8. The second kappa shape index (κ2) is 56.9. The van der Waals surface area contributed by atoms with E-state index in [2.05, 4.69) is 112 Å². The van der Waals surface area contributed by atoms with Crippen molar-refractivity contribution in [3.8, 4) is 0 Å². The van der Waals surface area contributed by atoms with Crippen molar-refractivity contribution >= 4 is 17.9 Å². The van der Waals surface area contributed by atoms with Gasteiger partial charge in [0.05, 0.1) is 0 Å². The lowest BCUT2D eigenvalue weighted by Crippen LogP contribution is -2.30. The third-order valence-electron chi connectivity index (χ3n) is 12.1. The number of rotatable bonds is 51. The summed E-state index contributed by atoms with van der Waals surface area (Å²) in [5, 5.41) is 0. The Kier molecular flexibility index (Phi) is 53.9. The van der Waals surface area contributed by atoms with Gasteiger partial charge in [-0.2, -0.15) is 0 Å². The summed E-state index contributed by atoms with van der Waals surface area (Å²) < 4.78 is 16.8. The molecule has 0 saturated carbocycles. The van der Waals surface area contributed by atoms with Crippen LogP contribution in [0.1, 0.15) is 265 Å². The number of carbonyl (C=O) groups is 3. The van der Waals surface area contributed by atoms with Gasteiger partial charge >= 0.3 is 17.9 Å². The van der Waals surface area contributed by atoms with Crippen LogP contribution in [0.4, 0.5) is 0 Å². The molecule has 0 aliphatic rings. The van der Waals surface area contributed by atoms with E-state index in [9.17, 15) is 14.4 Å². The van der Waals surface area contributed by atoms with Gasteiger partial charge in [-0.1, -0.05) is 240 Å². The number of esters is 3. The molecule has 394 valence electrons. The molecule has 6 nitrogen and oxygen atoms in total. The fraction of sp³-hybridized carbons (Fsp3) is 0.698. The minimum absolute atomic E-state index is 0.105. The van der Waals surface area contributed by atoms with E-state index < -0.39 is 6.10 Å². The van der Waals surface area contributed by atoms with Crippen LogP contribution in [0.2, 0.25) is 0 Å². The molecule has 69 heavy (non-hydrogen) atoms. The summed E-state index contributed by atoms with van der Waals surface area (Å²) in [5.41, 5.74) is 0. The summed E-state index contributed by atoms with van der Waals surface area (Å²) >= 11 is 0. The monoisotopic (exact) mass is 959 g/mol. The summed E-state index contributed by atoms with van der Waals surface area (Å²) in [6.45, 7) is 6.35. The molecular weight excluding hydrogens is 853 g/mol. The molecule has 0 saturated heterocycles. The molecule has 0 aliphatic heterocycles. The zero-order valence-corrected chi connectivity index (χ0v) is 45.0. The predicted octanol–water partition coefficient (Wildman–Crippen LogP) is 19.3. The first-order valence-electron chi connectivity index (χ1n) is 28.7. The summed E-state index contributed by atoms with van der Waals surface area (Å²) in [6.07, 6.45) is 75.6.